The van der Waals surface area contributed by atoms with Gasteiger partial charge in [0, 0.05) is 18.0 Å². The molecule has 4 aromatic rings. The Bertz CT molecular complexity index is 1240. The molecule has 0 saturated heterocycles. The molecule has 1 amide bonds. The summed E-state index contributed by atoms with van der Waals surface area (Å²) in [7, 11) is 4.69. The Morgan fingerprint density at radius 2 is 1.77 bits per heavy atom. The number of para-hydroxylation sites is 1. The number of anilines is 1. The number of carbonyl (C=O) groups is 1. The number of H-pyrrole nitrogens is 1. The highest BCUT2D eigenvalue weighted by Crippen LogP contribution is 2.34. The maximum atomic E-state index is 12.8. The van der Waals surface area contributed by atoms with Gasteiger partial charge in [0.25, 0.3) is 5.91 Å². The lowest BCUT2D eigenvalue weighted by atomic mass is 10.1. The lowest BCUT2D eigenvalue weighted by Crippen LogP contribution is -2.13. The van der Waals surface area contributed by atoms with Crippen LogP contribution in [0.4, 0.5) is 5.82 Å². The molecule has 0 aliphatic rings. The number of nitrogens with one attached hydrogen (secondary N) is 2. The van der Waals surface area contributed by atoms with Crippen molar-refractivity contribution in [1.82, 2.24) is 14.8 Å². The van der Waals surface area contributed by atoms with Crippen LogP contribution in [-0.2, 0) is 6.54 Å². The third-order valence-electron chi connectivity index (χ3n) is 5.18. The van der Waals surface area contributed by atoms with Crippen molar-refractivity contribution in [2.24, 2.45) is 0 Å². The molecule has 8 nitrogen and oxygen atoms in total. The van der Waals surface area contributed by atoms with Gasteiger partial charge >= 0.3 is 0 Å². The minimum atomic E-state index is -0.341. The summed E-state index contributed by atoms with van der Waals surface area (Å²) in [6.45, 7) is 2.85. The van der Waals surface area contributed by atoms with E-state index < -0.39 is 0 Å². The molecule has 160 valence electrons. The topological polar surface area (TPSA) is 90.4 Å². The zero-order valence-corrected chi connectivity index (χ0v) is 17.9. The summed E-state index contributed by atoms with van der Waals surface area (Å²) in [5.74, 6) is 1.73. The molecule has 0 unspecified atom stereocenters. The van der Waals surface area contributed by atoms with Crippen LogP contribution in [0.3, 0.4) is 0 Å². The number of aromatic nitrogens is 3. The summed E-state index contributed by atoms with van der Waals surface area (Å²) in [5.41, 5.74) is 3.17. The van der Waals surface area contributed by atoms with Crippen LogP contribution in [0.15, 0.2) is 48.5 Å². The summed E-state index contributed by atoms with van der Waals surface area (Å²) in [5, 5.41) is 11.1. The number of hydrogen-bond donors (Lipinski definition) is 2. The largest absolute Gasteiger partial charge is 0.496 e. The van der Waals surface area contributed by atoms with Crippen LogP contribution in [0.2, 0.25) is 0 Å². The number of rotatable bonds is 7. The number of aryl methyl sites for hydroxylation is 1. The van der Waals surface area contributed by atoms with Crippen molar-refractivity contribution in [2.75, 3.05) is 26.6 Å². The highest BCUT2D eigenvalue weighted by atomic mass is 16.5. The van der Waals surface area contributed by atoms with E-state index in [2.05, 4.69) is 39.1 Å². The molecule has 0 spiro atoms. The van der Waals surface area contributed by atoms with Crippen LogP contribution in [0.1, 0.15) is 17.3 Å². The van der Waals surface area contributed by atoms with Gasteiger partial charge in [-0.2, -0.15) is 5.10 Å². The average Bonchev–Trinajstić information content (AvgIpc) is 3.42. The number of nitrogens with zero attached hydrogens (tertiary/aromatic N) is 2. The summed E-state index contributed by atoms with van der Waals surface area (Å²) in [6.07, 6.45) is 0. The van der Waals surface area contributed by atoms with Crippen molar-refractivity contribution in [3.63, 3.8) is 0 Å². The van der Waals surface area contributed by atoms with Gasteiger partial charge in [0.2, 0.25) is 0 Å². The molecule has 0 radical (unpaired) electrons. The first-order valence-electron chi connectivity index (χ1n) is 9.85. The Balaban J connectivity index is 1.66. The van der Waals surface area contributed by atoms with Gasteiger partial charge in [0.15, 0.2) is 17.3 Å². The van der Waals surface area contributed by atoms with Crippen LogP contribution >= 0.6 is 0 Å². The Labute approximate surface area is 179 Å². The first-order chi connectivity index (χ1) is 15.1. The van der Waals surface area contributed by atoms with E-state index in [1.807, 2.05) is 12.1 Å². The second kappa shape index (κ2) is 8.43. The van der Waals surface area contributed by atoms with Crippen LogP contribution < -0.4 is 19.5 Å². The molecule has 0 bridgehead atoms. The van der Waals surface area contributed by atoms with Gasteiger partial charge in [-0.25, -0.2) is 0 Å². The van der Waals surface area contributed by atoms with Crippen molar-refractivity contribution >= 4 is 22.6 Å². The molecule has 0 atom stereocenters. The standard InChI is InChI=1S/C23H24N4O4/c1-5-27-17-9-7-10-19(29-2)15(17)12-18(27)16-13-21(26-25-16)24-23(28)14-8-6-11-20(30-3)22(14)31-4/h6-13H,5H2,1-4H3,(H2,24,25,26,28). The molecular formula is C23H24N4O4. The molecule has 2 aromatic carbocycles. The fraction of sp³-hybridized carbons (Fsp3) is 0.217. The molecular weight excluding hydrogens is 396 g/mol. The number of aromatic amines is 1. The number of benzene rings is 2. The summed E-state index contributed by atoms with van der Waals surface area (Å²) in [4.78, 5) is 12.8. The summed E-state index contributed by atoms with van der Waals surface area (Å²) in [6, 6.07) is 15.0. The van der Waals surface area contributed by atoms with Gasteiger partial charge in [-0.05, 0) is 37.3 Å². The SMILES string of the molecule is CCn1c(-c2cc(NC(=O)c3cccc(OC)c3OC)n[nH]2)cc2c(OC)cccc21. The Kier molecular flexibility index (Phi) is 5.53. The molecule has 0 aliphatic heterocycles. The number of carbonyl (C=O) groups excluding carboxylic acids is 1. The lowest BCUT2D eigenvalue weighted by Gasteiger charge is -2.11. The maximum absolute atomic E-state index is 12.8. The van der Waals surface area contributed by atoms with E-state index in [-0.39, 0.29) is 5.91 Å². The molecule has 0 fully saturated rings. The van der Waals surface area contributed by atoms with Crippen molar-refractivity contribution in [3.8, 4) is 28.6 Å². The number of hydrogen-bond acceptors (Lipinski definition) is 5. The van der Waals surface area contributed by atoms with Crippen molar-refractivity contribution in [3.05, 3.63) is 54.1 Å². The van der Waals surface area contributed by atoms with E-state index in [4.69, 9.17) is 14.2 Å². The monoisotopic (exact) mass is 420 g/mol. The van der Waals surface area contributed by atoms with Gasteiger partial charge in [-0.15, -0.1) is 0 Å². The predicted molar refractivity (Wildman–Crippen MR) is 119 cm³/mol. The van der Waals surface area contributed by atoms with Gasteiger partial charge < -0.3 is 24.1 Å². The quantitative estimate of drug-likeness (QED) is 0.464. The molecule has 0 aliphatic carbocycles. The van der Waals surface area contributed by atoms with E-state index in [1.54, 1.807) is 31.4 Å². The Morgan fingerprint density at radius 1 is 1.03 bits per heavy atom. The maximum Gasteiger partial charge on any atom is 0.260 e. The zero-order valence-electron chi connectivity index (χ0n) is 17.9. The molecule has 2 aromatic heterocycles. The minimum Gasteiger partial charge on any atom is -0.496 e. The van der Waals surface area contributed by atoms with Gasteiger partial charge in [0.1, 0.15) is 5.75 Å². The van der Waals surface area contributed by atoms with Crippen LogP contribution in [0, 0.1) is 0 Å². The van der Waals surface area contributed by atoms with Crippen molar-refractivity contribution < 1.29 is 19.0 Å². The molecule has 2 heterocycles. The Hall–Kier alpha value is -3.94. The van der Waals surface area contributed by atoms with Gasteiger partial charge in [-0.3, -0.25) is 9.89 Å². The molecule has 2 N–H and O–H groups in total. The molecule has 4 rings (SSSR count). The summed E-state index contributed by atoms with van der Waals surface area (Å²) < 4.78 is 18.3. The van der Waals surface area contributed by atoms with E-state index in [0.29, 0.717) is 22.9 Å². The van der Waals surface area contributed by atoms with Crippen LogP contribution in [0.5, 0.6) is 17.2 Å². The third kappa shape index (κ3) is 3.56. The number of amides is 1. The number of fused-ring (bicyclic) bond motifs is 1. The molecule has 0 saturated carbocycles. The first kappa shape index (κ1) is 20.3. The van der Waals surface area contributed by atoms with Crippen LogP contribution in [0.25, 0.3) is 22.3 Å². The van der Waals surface area contributed by atoms with Gasteiger partial charge in [-0.1, -0.05) is 12.1 Å². The highest BCUT2D eigenvalue weighted by Gasteiger charge is 2.19. The van der Waals surface area contributed by atoms with Crippen LogP contribution in [-0.4, -0.2) is 42.0 Å². The molecule has 8 heteroatoms. The number of ether oxygens (including phenoxy) is 3. The van der Waals surface area contributed by atoms with Crippen molar-refractivity contribution in [2.45, 2.75) is 13.5 Å². The third-order valence-corrected chi connectivity index (χ3v) is 5.18. The van der Waals surface area contributed by atoms with E-state index in [9.17, 15) is 4.79 Å². The van der Waals surface area contributed by atoms with E-state index >= 15 is 0 Å². The first-order valence-corrected chi connectivity index (χ1v) is 9.85. The van der Waals surface area contributed by atoms with E-state index in [1.165, 1.54) is 14.2 Å². The Morgan fingerprint density at radius 3 is 2.48 bits per heavy atom. The normalized spacial score (nSPS) is 10.8. The molecule has 31 heavy (non-hydrogen) atoms. The fourth-order valence-electron chi connectivity index (χ4n) is 3.77. The average molecular weight is 420 g/mol. The minimum absolute atomic E-state index is 0.341. The summed E-state index contributed by atoms with van der Waals surface area (Å²) >= 11 is 0. The van der Waals surface area contributed by atoms with E-state index in [0.717, 1.165) is 34.6 Å². The number of methoxy groups -OCH3 is 3. The predicted octanol–water partition coefficient (Wildman–Crippen LogP) is 4.33. The second-order valence-corrected chi connectivity index (χ2v) is 6.83. The second-order valence-electron chi connectivity index (χ2n) is 6.83. The smallest absolute Gasteiger partial charge is 0.260 e. The zero-order chi connectivity index (χ0) is 22.0. The van der Waals surface area contributed by atoms with Crippen molar-refractivity contribution in [1.29, 1.82) is 0 Å². The lowest BCUT2D eigenvalue weighted by molar-refractivity contribution is 0.102. The fourth-order valence-corrected chi connectivity index (χ4v) is 3.77. The highest BCUT2D eigenvalue weighted by molar-refractivity contribution is 6.06. The van der Waals surface area contributed by atoms with Gasteiger partial charge in [0.05, 0.1) is 43.8 Å².